The Morgan fingerprint density at radius 1 is 1.24 bits per heavy atom. The molecule has 0 spiro atoms. The Hall–Kier alpha value is -1.50. The van der Waals surface area contributed by atoms with Crippen LogP contribution in [-0.2, 0) is 5.41 Å². The van der Waals surface area contributed by atoms with Gasteiger partial charge in [0.25, 0.3) is 0 Å². The van der Waals surface area contributed by atoms with Crippen LogP contribution in [0.4, 0.5) is 0 Å². The summed E-state index contributed by atoms with van der Waals surface area (Å²) < 4.78 is 0. The normalized spacial score (nSPS) is 17.0. The molecule has 1 nitrogen and oxygen atoms in total. The molecule has 1 aliphatic carbocycles. The Labute approximate surface area is 104 Å². The van der Waals surface area contributed by atoms with Crippen LogP contribution in [0.25, 0.3) is 5.57 Å². The summed E-state index contributed by atoms with van der Waals surface area (Å²) in [4.78, 5) is 0. The lowest BCUT2D eigenvalue weighted by atomic mass is 9.84. The Morgan fingerprint density at radius 3 is 2.47 bits per heavy atom. The standard InChI is InChI=1S/C16H21N/c1-10(2)8-13-12-7-6-11(3)9-14(12)16(4,5)15(13)17/h6-9H,17H2,1-5H3. The van der Waals surface area contributed by atoms with Gasteiger partial charge in [0, 0.05) is 16.7 Å². The SMILES string of the molecule is CC(C)=CC1=C(N)C(C)(C)c2cc(C)ccc21. The molecule has 0 atom stereocenters. The van der Waals surface area contributed by atoms with Gasteiger partial charge in [-0.3, -0.25) is 0 Å². The van der Waals surface area contributed by atoms with Crippen molar-refractivity contribution in [2.24, 2.45) is 5.73 Å². The van der Waals surface area contributed by atoms with E-state index in [-0.39, 0.29) is 5.41 Å². The third-order valence-corrected chi connectivity index (χ3v) is 3.54. The highest BCUT2D eigenvalue weighted by Gasteiger charge is 2.35. The van der Waals surface area contributed by atoms with E-state index >= 15 is 0 Å². The summed E-state index contributed by atoms with van der Waals surface area (Å²) in [7, 11) is 0. The molecule has 0 saturated carbocycles. The van der Waals surface area contributed by atoms with Gasteiger partial charge in [0.15, 0.2) is 0 Å². The minimum atomic E-state index is -0.0529. The molecule has 2 N–H and O–H groups in total. The molecular formula is C16H21N. The van der Waals surface area contributed by atoms with E-state index in [1.54, 1.807) is 0 Å². The maximum atomic E-state index is 6.34. The Balaban J connectivity index is 2.71. The Kier molecular flexibility index (Phi) is 2.65. The largest absolute Gasteiger partial charge is 0.401 e. The van der Waals surface area contributed by atoms with Crippen LogP contribution >= 0.6 is 0 Å². The van der Waals surface area contributed by atoms with Crippen molar-refractivity contribution >= 4 is 5.57 Å². The molecule has 0 aliphatic heterocycles. The molecule has 1 aromatic rings. The summed E-state index contributed by atoms with van der Waals surface area (Å²) in [5.41, 5.74) is 13.7. The van der Waals surface area contributed by atoms with Crippen LogP contribution in [0.1, 0.15) is 44.4 Å². The fraction of sp³-hybridized carbons (Fsp3) is 0.375. The predicted octanol–water partition coefficient (Wildman–Crippen LogP) is 3.92. The molecule has 2 rings (SSSR count). The van der Waals surface area contributed by atoms with E-state index in [0.29, 0.717) is 0 Å². The molecule has 0 bridgehead atoms. The molecule has 0 unspecified atom stereocenters. The van der Waals surface area contributed by atoms with E-state index in [1.807, 2.05) is 0 Å². The van der Waals surface area contributed by atoms with Crippen LogP contribution in [0.3, 0.4) is 0 Å². The van der Waals surface area contributed by atoms with Crippen molar-refractivity contribution in [2.45, 2.75) is 40.0 Å². The summed E-state index contributed by atoms with van der Waals surface area (Å²) in [6.07, 6.45) is 2.19. The number of nitrogens with two attached hydrogens (primary N) is 1. The minimum Gasteiger partial charge on any atom is -0.401 e. The molecular weight excluding hydrogens is 206 g/mol. The summed E-state index contributed by atoms with van der Waals surface area (Å²) in [5, 5.41) is 0. The number of benzene rings is 1. The van der Waals surface area contributed by atoms with Gasteiger partial charge in [0.05, 0.1) is 0 Å². The molecule has 0 heterocycles. The smallest absolute Gasteiger partial charge is 0.0304 e. The molecule has 17 heavy (non-hydrogen) atoms. The lowest BCUT2D eigenvalue weighted by Crippen LogP contribution is -2.22. The molecule has 90 valence electrons. The van der Waals surface area contributed by atoms with Crippen molar-refractivity contribution in [3.8, 4) is 0 Å². The molecule has 0 amide bonds. The number of hydrogen-bond acceptors (Lipinski definition) is 1. The Bertz CT molecular complexity index is 526. The van der Waals surface area contributed by atoms with E-state index in [4.69, 9.17) is 5.73 Å². The maximum Gasteiger partial charge on any atom is 0.0304 e. The number of fused-ring (bicyclic) bond motifs is 1. The van der Waals surface area contributed by atoms with Crippen LogP contribution in [0.2, 0.25) is 0 Å². The number of aryl methyl sites for hydroxylation is 1. The second-order valence-corrected chi connectivity index (χ2v) is 5.72. The molecule has 0 saturated heterocycles. The summed E-state index contributed by atoms with van der Waals surface area (Å²) >= 11 is 0. The van der Waals surface area contributed by atoms with E-state index < -0.39 is 0 Å². The third kappa shape index (κ3) is 1.80. The first-order valence-corrected chi connectivity index (χ1v) is 6.10. The minimum absolute atomic E-state index is 0.0529. The highest BCUT2D eigenvalue weighted by molar-refractivity contribution is 5.85. The first-order valence-electron chi connectivity index (χ1n) is 6.10. The van der Waals surface area contributed by atoms with Crippen LogP contribution in [-0.4, -0.2) is 0 Å². The summed E-state index contributed by atoms with van der Waals surface area (Å²) in [6, 6.07) is 6.61. The second-order valence-electron chi connectivity index (χ2n) is 5.72. The van der Waals surface area contributed by atoms with Crippen molar-refractivity contribution in [3.05, 3.63) is 52.2 Å². The zero-order chi connectivity index (χ0) is 12.8. The zero-order valence-corrected chi connectivity index (χ0v) is 11.4. The van der Waals surface area contributed by atoms with Crippen molar-refractivity contribution < 1.29 is 0 Å². The van der Waals surface area contributed by atoms with Crippen LogP contribution < -0.4 is 5.73 Å². The van der Waals surface area contributed by atoms with Gasteiger partial charge in [-0.25, -0.2) is 0 Å². The molecule has 1 aromatic carbocycles. The summed E-state index contributed by atoms with van der Waals surface area (Å²) in [5.74, 6) is 0. The van der Waals surface area contributed by atoms with Crippen molar-refractivity contribution in [2.75, 3.05) is 0 Å². The molecule has 1 heteroatoms. The Morgan fingerprint density at radius 2 is 1.88 bits per heavy atom. The van der Waals surface area contributed by atoms with Crippen molar-refractivity contribution in [1.29, 1.82) is 0 Å². The van der Waals surface area contributed by atoms with Gasteiger partial charge in [-0.1, -0.05) is 49.3 Å². The van der Waals surface area contributed by atoms with E-state index in [1.165, 1.54) is 27.8 Å². The third-order valence-electron chi connectivity index (χ3n) is 3.54. The average molecular weight is 227 g/mol. The van der Waals surface area contributed by atoms with Gasteiger partial charge in [-0.15, -0.1) is 0 Å². The highest BCUT2D eigenvalue weighted by atomic mass is 14.7. The second kappa shape index (κ2) is 3.76. The van der Waals surface area contributed by atoms with Crippen LogP contribution in [0.5, 0.6) is 0 Å². The molecule has 0 aromatic heterocycles. The predicted molar refractivity (Wildman–Crippen MR) is 74.7 cm³/mol. The van der Waals surface area contributed by atoms with Gasteiger partial charge < -0.3 is 5.73 Å². The summed E-state index contributed by atoms with van der Waals surface area (Å²) in [6.45, 7) is 10.8. The van der Waals surface area contributed by atoms with Gasteiger partial charge in [0.2, 0.25) is 0 Å². The highest BCUT2D eigenvalue weighted by Crippen LogP contribution is 2.44. The number of hydrogen-bond donors (Lipinski definition) is 1. The van der Waals surface area contributed by atoms with Crippen molar-refractivity contribution in [3.63, 3.8) is 0 Å². The number of rotatable bonds is 1. The lowest BCUT2D eigenvalue weighted by Gasteiger charge is -2.21. The monoisotopic (exact) mass is 227 g/mol. The van der Waals surface area contributed by atoms with Crippen LogP contribution in [0, 0.1) is 6.92 Å². The zero-order valence-electron chi connectivity index (χ0n) is 11.4. The quantitative estimate of drug-likeness (QED) is 0.773. The first-order chi connectivity index (χ1) is 7.84. The number of allylic oxidation sites excluding steroid dienone is 4. The van der Waals surface area contributed by atoms with Crippen molar-refractivity contribution in [1.82, 2.24) is 0 Å². The average Bonchev–Trinajstić information content (AvgIpc) is 2.40. The topological polar surface area (TPSA) is 26.0 Å². The van der Waals surface area contributed by atoms with E-state index in [0.717, 1.165) is 5.70 Å². The molecule has 1 aliphatic rings. The van der Waals surface area contributed by atoms with Gasteiger partial charge in [-0.2, -0.15) is 0 Å². The molecule has 0 fully saturated rings. The van der Waals surface area contributed by atoms with E-state index in [9.17, 15) is 0 Å². The molecule has 0 radical (unpaired) electrons. The van der Waals surface area contributed by atoms with E-state index in [2.05, 4.69) is 58.9 Å². The lowest BCUT2D eigenvalue weighted by molar-refractivity contribution is 0.630. The first kappa shape index (κ1) is 12.0. The van der Waals surface area contributed by atoms with Gasteiger partial charge in [0.1, 0.15) is 0 Å². The van der Waals surface area contributed by atoms with Gasteiger partial charge >= 0.3 is 0 Å². The maximum absolute atomic E-state index is 6.34. The fourth-order valence-corrected chi connectivity index (χ4v) is 2.48. The van der Waals surface area contributed by atoms with Gasteiger partial charge in [-0.05, 0) is 31.9 Å². The fourth-order valence-electron chi connectivity index (χ4n) is 2.48. The van der Waals surface area contributed by atoms with Crippen LogP contribution in [0.15, 0.2) is 35.5 Å².